The van der Waals surface area contributed by atoms with Crippen molar-refractivity contribution in [1.82, 2.24) is 15.4 Å². The summed E-state index contributed by atoms with van der Waals surface area (Å²) in [7, 11) is 3.53. The first kappa shape index (κ1) is 14.7. The summed E-state index contributed by atoms with van der Waals surface area (Å²) in [5, 5.41) is 0. The molecule has 1 aromatic heterocycles. The van der Waals surface area contributed by atoms with E-state index in [1.165, 1.54) is 0 Å². The smallest absolute Gasteiger partial charge is 0.244 e. The van der Waals surface area contributed by atoms with Crippen LogP contribution in [0.1, 0.15) is 11.3 Å². The second-order valence-electron chi connectivity index (χ2n) is 4.67. The van der Waals surface area contributed by atoms with Crippen LogP contribution < -0.4 is 15.6 Å². The van der Waals surface area contributed by atoms with E-state index in [9.17, 15) is 4.79 Å². The van der Waals surface area contributed by atoms with Gasteiger partial charge in [0.2, 0.25) is 5.91 Å². The van der Waals surface area contributed by atoms with Crippen LogP contribution in [0.25, 0.3) is 5.70 Å². The molecule has 0 radical (unpaired) electrons. The molecular weight excluding hydrogens is 266 g/mol. The molecule has 5 nitrogen and oxygen atoms in total. The SMILES string of the molecule is C=C(NNC(=O)Cc1cccn1C)c1ccc(OC)cc1. The van der Waals surface area contributed by atoms with E-state index in [-0.39, 0.29) is 5.91 Å². The monoisotopic (exact) mass is 285 g/mol. The highest BCUT2D eigenvalue weighted by Crippen LogP contribution is 2.15. The van der Waals surface area contributed by atoms with Crippen molar-refractivity contribution in [2.45, 2.75) is 6.42 Å². The number of nitrogens with zero attached hydrogens (tertiary/aromatic N) is 1. The average molecular weight is 285 g/mol. The van der Waals surface area contributed by atoms with Crippen LogP contribution in [-0.4, -0.2) is 17.6 Å². The van der Waals surface area contributed by atoms with Crippen molar-refractivity contribution in [2.24, 2.45) is 7.05 Å². The van der Waals surface area contributed by atoms with E-state index < -0.39 is 0 Å². The maximum absolute atomic E-state index is 11.9. The fourth-order valence-corrected chi connectivity index (χ4v) is 1.90. The molecule has 1 heterocycles. The minimum atomic E-state index is -0.119. The molecule has 2 aromatic rings. The minimum Gasteiger partial charge on any atom is -0.497 e. The summed E-state index contributed by atoms with van der Waals surface area (Å²) in [6.07, 6.45) is 2.22. The molecule has 0 spiro atoms. The molecule has 21 heavy (non-hydrogen) atoms. The Labute approximate surface area is 124 Å². The van der Waals surface area contributed by atoms with Crippen molar-refractivity contribution < 1.29 is 9.53 Å². The van der Waals surface area contributed by atoms with Gasteiger partial charge < -0.3 is 9.30 Å². The van der Waals surface area contributed by atoms with Crippen molar-refractivity contribution in [3.63, 3.8) is 0 Å². The molecule has 0 aliphatic carbocycles. The van der Waals surface area contributed by atoms with Gasteiger partial charge in [0, 0.05) is 18.9 Å². The third kappa shape index (κ3) is 3.89. The van der Waals surface area contributed by atoms with E-state index in [1.807, 2.05) is 54.2 Å². The molecule has 0 aliphatic rings. The van der Waals surface area contributed by atoms with Crippen molar-refractivity contribution in [3.05, 3.63) is 60.4 Å². The van der Waals surface area contributed by atoms with Crippen molar-refractivity contribution in [1.29, 1.82) is 0 Å². The molecule has 0 saturated heterocycles. The number of hydrazine groups is 1. The largest absolute Gasteiger partial charge is 0.497 e. The van der Waals surface area contributed by atoms with Gasteiger partial charge in [0.05, 0.1) is 19.2 Å². The van der Waals surface area contributed by atoms with Crippen molar-refractivity contribution in [2.75, 3.05) is 7.11 Å². The van der Waals surface area contributed by atoms with Gasteiger partial charge in [-0.1, -0.05) is 6.58 Å². The lowest BCUT2D eigenvalue weighted by Gasteiger charge is -2.12. The molecule has 2 rings (SSSR count). The van der Waals surface area contributed by atoms with Gasteiger partial charge in [-0.15, -0.1) is 0 Å². The molecule has 0 fully saturated rings. The minimum absolute atomic E-state index is 0.119. The highest BCUT2D eigenvalue weighted by Gasteiger charge is 2.06. The van der Waals surface area contributed by atoms with Crippen LogP contribution in [0, 0.1) is 0 Å². The van der Waals surface area contributed by atoms with Gasteiger partial charge in [-0.3, -0.25) is 15.6 Å². The topological polar surface area (TPSA) is 55.3 Å². The van der Waals surface area contributed by atoms with E-state index in [0.717, 1.165) is 17.0 Å². The zero-order valence-electron chi connectivity index (χ0n) is 12.2. The quantitative estimate of drug-likeness (QED) is 0.797. The highest BCUT2D eigenvalue weighted by atomic mass is 16.5. The molecule has 110 valence electrons. The van der Waals surface area contributed by atoms with E-state index in [0.29, 0.717) is 12.1 Å². The lowest BCUT2D eigenvalue weighted by atomic mass is 10.2. The van der Waals surface area contributed by atoms with E-state index >= 15 is 0 Å². The first-order chi connectivity index (χ1) is 10.1. The van der Waals surface area contributed by atoms with Gasteiger partial charge >= 0.3 is 0 Å². The number of aryl methyl sites for hydroxylation is 1. The summed E-state index contributed by atoms with van der Waals surface area (Å²) in [5.74, 6) is 0.658. The van der Waals surface area contributed by atoms with Gasteiger partial charge in [0.1, 0.15) is 5.75 Å². The molecule has 5 heteroatoms. The molecule has 1 amide bonds. The summed E-state index contributed by atoms with van der Waals surface area (Å²) in [6.45, 7) is 3.90. The van der Waals surface area contributed by atoms with Crippen molar-refractivity contribution in [3.8, 4) is 5.75 Å². The number of nitrogens with one attached hydrogen (secondary N) is 2. The van der Waals surface area contributed by atoms with Gasteiger partial charge in [0.25, 0.3) is 0 Å². The maximum atomic E-state index is 11.9. The first-order valence-corrected chi connectivity index (χ1v) is 6.58. The number of methoxy groups -OCH3 is 1. The van der Waals surface area contributed by atoms with Gasteiger partial charge in [-0.05, 0) is 42.0 Å². The number of carbonyl (C=O) groups is 1. The Morgan fingerprint density at radius 3 is 2.52 bits per heavy atom. The molecule has 1 aromatic carbocycles. The van der Waals surface area contributed by atoms with E-state index in [4.69, 9.17) is 4.74 Å². The molecule has 0 bridgehead atoms. The van der Waals surface area contributed by atoms with Gasteiger partial charge in [-0.25, -0.2) is 0 Å². The average Bonchev–Trinajstić information content (AvgIpc) is 2.90. The number of carbonyl (C=O) groups excluding carboxylic acids is 1. The first-order valence-electron chi connectivity index (χ1n) is 6.58. The Hall–Kier alpha value is -2.69. The third-order valence-corrected chi connectivity index (χ3v) is 3.18. The van der Waals surface area contributed by atoms with E-state index in [2.05, 4.69) is 17.4 Å². The zero-order valence-corrected chi connectivity index (χ0v) is 12.2. The molecular formula is C16H19N3O2. The zero-order chi connectivity index (χ0) is 15.2. The number of hydrogen-bond acceptors (Lipinski definition) is 3. The number of amides is 1. The molecule has 0 unspecified atom stereocenters. The maximum Gasteiger partial charge on any atom is 0.244 e. The van der Waals surface area contributed by atoms with Crippen molar-refractivity contribution >= 4 is 11.6 Å². The summed E-state index contributed by atoms with van der Waals surface area (Å²) in [4.78, 5) is 11.9. The second kappa shape index (κ2) is 6.65. The third-order valence-electron chi connectivity index (χ3n) is 3.18. The van der Waals surface area contributed by atoms with Crippen LogP contribution in [0.15, 0.2) is 49.2 Å². The standard InChI is InChI=1S/C16H19N3O2/c1-12(13-6-8-15(21-3)9-7-13)17-18-16(20)11-14-5-4-10-19(14)2/h4-10,17H,1,11H2,2-3H3,(H,18,20). The fourth-order valence-electron chi connectivity index (χ4n) is 1.90. The lowest BCUT2D eigenvalue weighted by Crippen LogP contribution is -2.37. The number of ether oxygens (including phenoxy) is 1. The highest BCUT2D eigenvalue weighted by molar-refractivity contribution is 5.79. The molecule has 0 atom stereocenters. The Morgan fingerprint density at radius 1 is 1.24 bits per heavy atom. The van der Waals surface area contributed by atoms with Gasteiger partial charge in [0.15, 0.2) is 0 Å². The number of hydrogen-bond donors (Lipinski definition) is 2. The van der Waals surface area contributed by atoms with E-state index in [1.54, 1.807) is 7.11 Å². The number of benzene rings is 1. The van der Waals surface area contributed by atoms with Crippen LogP contribution in [-0.2, 0) is 18.3 Å². The van der Waals surface area contributed by atoms with Crippen LogP contribution in [0.3, 0.4) is 0 Å². The number of rotatable bonds is 6. The summed E-state index contributed by atoms with van der Waals surface area (Å²) in [5.41, 5.74) is 7.92. The second-order valence-corrected chi connectivity index (χ2v) is 4.67. The van der Waals surface area contributed by atoms with Crippen LogP contribution >= 0.6 is 0 Å². The Kier molecular flexibility index (Phi) is 4.66. The van der Waals surface area contributed by atoms with Crippen LogP contribution in [0.2, 0.25) is 0 Å². The lowest BCUT2D eigenvalue weighted by molar-refractivity contribution is -0.121. The Morgan fingerprint density at radius 2 is 1.95 bits per heavy atom. The van der Waals surface area contributed by atoms with Gasteiger partial charge in [-0.2, -0.15) is 0 Å². The van der Waals surface area contributed by atoms with Crippen LogP contribution in [0.4, 0.5) is 0 Å². The Balaban J connectivity index is 1.85. The normalized spacial score (nSPS) is 10.0. The predicted molar refractivity (Wildman–Crippen MR) is 82.4 cm³/mol. The summed E-state index contributed by atoms with van der Waals surface area (Å²) >= 11 is 0. The fraction of sp³-hybridized carbons (Fsp3) is 0.188. The Bertz CT molecular complexity index is 629. The summed E-state index contributed by atoms with van der Waals surface area (Å²) in [6, 6.07) is 11.3. The summed E-state index contributed by atoms with van der Waals surface area (Å²) < 4.78 is 7.01. The molecule has 0 saturated carbocycles. The molecule has 0 aliphatic heterocycles. The number of aromatic nitrogens is 1. The molecule has 2 N–H and O–H groups in total. The van der Waals surface area contributed by atoms with Crippen LogP contribution in [0.5, 0.6) is 5.75 Å². The predicted octanol–water partition coefficient (Wildman–Crippen LogP) is 1.87.